The third-order valence-corrected chi connectivity index (χ3v) is 3.40. The van der Waals surface area contributed by atoms with Crippen LogP contribution >= 0.6 is 11.6 Å². The quantitative estimate of drug-likeness (QED) is 0.658. The van der Waals surface area contributed by atoms with E-state index in [0.717, 1.165) is 19.4 Å². The van der Waals surface area contributed by atoms with Crippen LogP contribution in [-0.2, 0) is 4.79 Å². The summed E-state index contributed by atoms with van der Waals surface area (Å²) >= 11 is 5.92. The number of non-ortho nitro benzene ring substituents is 1. The molecule has 1 aliphatic heterocycles. The minimum atomic E-state index is -0.525. The molecule has 2 N–H and O–H groups in total. The number of nitrogens with one attached hydrogen (secondary N) is 2. The Morgan fingerprint density at radius 3 is 2.89 bits per heavy atom. The van der Waals surface area contributed by atoms with Crippen molar-refractivity contribution in [3.8, 4) is 0 Å². The van der Waals surface area contributed by atoms with E-state index >= 15 is 0 Å². The lowest BCUT2D eigenvalue weighted by atomic mass is 9.99. The monoisotopic (exact) mass is 283 g/mol. The minimum absolute atomic E-state index is 0.0833. The van der Waals surface area contributed by atoms with Crippen LogP contribution in [0.3, 0.4) is 0 Å². The van der Waals surface area contributed by atoms with Crippen molar-refractivity contribution in [1.29, 1.82) is 0 Å². The normalized spacial score (nSPS) is 18.9. The van der Waals surface area contributed by atoms with E-state index in [1.54, 1.807) is 0 Å². The van der Waals surface area contributed by atoms with Gasteiger partial charge in [0.2, 0.25) is 5.91 Å². The zero-order valence-electron chi connectivity index (χ0n) is 10.2. The standard InChI is InChI=1S/C12H14ClN3O3/c13-10-6-9(16(18)19)3-4-11(10)15-12(17)8-2-1-5-14-7-8/h3-4,6,8,14H,1-2,5,7H2,(H,15,17). The largest absolute Gasteiger partial charge is 0.324 e. The molecule has 0 saturated carbocycles. The number of carbonyl (C=O) groups excluding carboxylic acids is 1. The Kier molecular flexibility index (Phi) is 4.34. The Bertz CT molecular complexity index is 501. The van der Waals surface area contributed by atoms with Crippen LogP contribution in [0.2, 0.25) is 5.02 Å². The highest BCUT2D eigenvalue weighted by Gasteiger charge is 2.21. The Morgan fingerprint density at radius 2 is 2.32 bits per heavy atom. The molecule has 1 fully saturated rings. The highest BCUT2D eigenvalue weighted by molar-refractivity contribution is 6.34. The number of amides is 1. The maximum Gasteiger partial charge on any atom is 0.271 e. The molecule has 1 saturated heterocycles. The van der Waals surface area contributed by atoms with Crippen molar-refractivity contribution in [2.45, 2.75) is 12.8 Å². The summed E-state index contributed by atoms with van der Waals surface area (Å²) in [6, 6.07) is 4.01. The van der Waals surface area contributed by atoms with Crippen LogP contribution in [0.5, 0.6) is 0 Å². The Balaban J connectivity index is 2.06. The van der Waals surface area contributed by atoms with Gasteiger partial charge in [0.25, 0.3) is 5.69 Å². The SMILES string of the molecule is O=C(Nc1ccc([N+](=O)[O-])cc1Cl)C1CCCNC1. The fourth-order valence-corrected chi connectivity index (χ4v) is 2.25. The van der Waals surface area contributed by atoms with Crippen molar-refractivity contribution in [2.24, 2.45) is 5.92 Å². The summed E-state index contributed by atoms with van der Waals surface area (Å²) in [5.41, 5.74) is 0.310. The number of hydrogen-bond acceptors (Lipinski definition) is 4. The third kappa shape index (κ3) is 3.42. The Morgan fingerprint density at radius 1 is 1.53 bits per heavy atom. The summed E-state index contributed by atoms with van der Waals surface area (Å²) in [5.74, 6) is -0.192. The molecule has 0 bridgehead atoms. The molecular formula is C12H14ClN3O3. The van der Waals surface area contributed by atoms with Gasteiger partial charge in [-0.05, 0) is 25.5 Å². The summed E-state index contributed by atoms with van der Waals surface area (Å²) in [7, 11) is 0. The van der Waals surface area contributed by atoms with Crippen LogP contribution in [0.15, 0.2) is 18.2 Å². The van der Waals surface area contributed by atoms with Crippen LogP contribution < -0.4 is 10.6 Å². The molecule has 1 amide bonds. The zero-order valence-corrected chi connectivity index (χ0v) is 10.9. The van der Waals surface area contributed by atoms with E-state index < -0.39 is 4.92 Å². The van der Waals surface area contributed by atoms with Gasteiger partial charge in [-0.3, -0.25) is 14.9 Å². The lowest BCUT2D eigenvalue weighted by molar-refractivity contribution is -0.384. The smallest absolute Gasteiger partial charge is 0.271 e. The molecule has 6 nitrogen and oxygen atoms in total. The van der Waals surface area contributed by atoms with Gasteiger partial charge in [-0.25, -0.2) is 0 Å². The van der Waals surface area contributed by atoms with Gasteiger partial charge in [-0.2, -0.15) is 0 Å². The molecule has 1 heterocycles. The van der Waals surface area contributed by atoms with E-state index in [1.807, 2.05) is 0 Å². The van der Waals surface area contributed by atoms with Crippen molar-refractivity contribution < 1.29 is 9.72 Å². The highest BCUT2D eigenvalue weighted by Crippen LogP contribution is 2.27. The van der Waals surface area contributed by atoms with Gasteiger partial charge in [-0.1, -0.05) is 11.6 Å². The van der Waals surface area contributed by atoms with Gasteiger partial charge in [-0.15, -0.1) is 0 Å². The van der Waals surface area contributed by atoms with Crippen LogP contribution in [0.4, 0.5) is 11.4 Å². The Hall–Kier alpha value is -1.66. The first-order chi connectivity index (χ1) is 9.08. The molecule has 102 valence electrons. The predicted molar refractivity (Wildman–Crippen MR) is 72.3 cm³/mol. The molecule has 0 aromatic heterocycles. The average molecular weight is 284 g/mol. The van der Waals surface area contributed by atoms with Crippen molar-refractivity contribution >= 4 is 28.9 Å². The van der Waals surface area contributed by atoms with E-state index in [4.69, 9.17) is 11.6 Å². The molecule has 1 aliphatic rings. The zero-order chi connectivity index (χ0) is 13.8. The van der Waals surface area contributed by atoms with Gasteiger partial charge in [0.05, 0.1) is 21.6 Å². The molecule has 0 spiro atoms. The van der Waals surface area contributed by atoms with Gasteiger partial charge in [0.15, 0.2) is 0 Å². The lowest BCUT2D eigenvalue weighted by Gasteiger charge is -2.22. The van der Waals surface area contributed by atoms with Gasteiger partial charge >= 0.3 is 0 Å². The molecule has 1 aromatic rings. The molecule has 7 heteroatoms. The van der Waals surface area contributed by atoms with E-state index in [0.29, 0.717) is 12.2 Å². The van der Waals surface area contributed by atoms with Crippen molar-refractivity contribution in [1.82, 2.24) is 5.32 Å². The number of benzene rings is 1. The molecule has 0 aliphatic carbocycles. The average Bonchev–Trinajstić information content (AvgIpc) is 2.41. The number of anilines is 1. The predicted octanol–water partition coefficient (Wildman–Crippen LogP) is 2.19. The maximum absolute atomic E-state index is 12.0. The molecule has 1 aromatic carbocycles. The van der Waals surface area contributed by atoms with Crippen molar-refractivity contribution in [2.75, 3.05) is 18.4 Å². The molecule has 0 radical (unpaired) electrons. The highest BCUT2D eigenvalue weighted by atomic mass is 35.5. The first-order valence-corrected chi connectivity index (χ1v) is 6.41. The fourth-order valence-electron chi connectivity index (χ4n) is 2.03. The molecule has 1 atom stereocenters. The second-order valence-electron chi connectivity index (χ2n) is 4.45. The second kappa shape index (κ2) is 5.99. The fraction of sp³-hybridized carbons (Fsp3) is 0.417. The molecule has 1 unspecified atom stereocenters. The summed E-state index contributed by atoms with van der Waals surface area (Å²) in [6.07, 6.45) is 1.80. The van der Waals surface area contributed by atoms with Crippen LogP contribution in [0.1, 0.15) is 12.8 Å². The minimum Gasteiger partial charge on any atom is -0.324 e. The van der Waals surface area contributed by atoms with E-state index in [1.165, 1.54) is 18.2 Å². The number of rotatable bonds is 3. The van der Waals surface area contributed by atoms with Crippen molar-refractivity contribution in [3.63, 3.8) is 0 Å². The number of hydrogen-bond donors (Lipinski definition) is 2. The van der Waals surface area contributed by atoms with Gasteiger partial charge in [0, 0.05) is 18.7 Å². The van der Waals surface area contributed by atoms with Gasteiger partial charge in [0.1, 0.15) is 0 Å². The van der Waals surface area contributed by atoms with E-state index in [9.17, 15) is 14.9 Å². The van der Waals surface area contributed by atoms with Crippen LogP contribution in [-0.4, -0.2) is 23.9 Å². The third-order valence-electron chi connectivity index (χ3n) is 3.09. The maximum atomic E-state index is 12.0. The lowest BCUT2D eigenvalue weighted by Crippen LogP contribution is -2.37. The van der Waals surface area contributed by atoms with Gasteiger partial charge < -0.3 is 10.6 Å². The number of piperidine rings is 1. The molecule has 19 heavy (non-hydrogen) atoms. The number of nitro groups is 1. The molecular weight excluding hydrogens is 270 g/mol. The first kappa shape index (κ1) is 13.8. The van der Waals surface area contributed by atoms with E-state index in [-0.39, 0.29) is 22.5 Å². The van der Waals surface area contributed by atoms with Crippen LogP contribution in [0.25, 0.3) is 0 Å². The summed E-state index contributed by atoms with van der Waals surface area (Å²) < 4.78 is 0. The number of carbonyl (C=O) groups is 1. The summed E-state index contributed by atoms with van der Waals surface area (Å²) in [4.78, 5) is 22.1. The number of halogens is 1. The van der Waals surface area contributed by atoms with Crippen molar-refractivity contribution in [3.05, 3.63) is 33.3 Å². The number of nitrogens with zero attached hydrogens (tertiary/aromatic N) is 1. The Labute approximate surface area is 115 Å². The van der Waals surface area contributed by atoms with Crippen LogP contribution in [0, 0.1) is 16.0 Å². The summed E-state index contributed by atoms with van der Waals surface area (Å²) in [5, 5.41) is 16.6. The molecule has 2 rings (SSSR count). The summed E-state index contributed by atoms with van der Waals surface area (Å²) in [6.45, 7) is 1.58. The van der Waals surface area contributed by atoms with E-state index in [2.05, 4.69) is 10.6 Å². The second-order valence-corrected chi connectivity index (χ2v) is 4.86. The topological polar surface area (TPSA) is 84.3 Å². The number of nitro benzene ring substituents is 1. The first-order valence-electron chi connectivity index (χ1n) is 6.03.